The van der Waals surface area contributed by atoms with Crippen LogP contribution in [0.3, 0.4) is 0 Å². The highest BCUT2D eigenvalue weighted by atomic mass is 127. The molecule has 0 heterocycles. The summed E-state index contributed by atoms with van der Waals surface area (Å²) in [6.07, 6.45) is 1.02. The van der Waals surface area contributed by atoms with Gasteiger partial charge in [-0.15, -0.1) is 0 Å². The zero-order valence-corrected chi connectivity index (χ0v) is 18.1. The normalized spacial score (nSPS) is 13.5. The third-order valence-corrected chi connectivity index (χ3v) is 4.28. The number of amides is 1. The van der Waals surface area contributed by atoms with Gasteiger partial charge in [-0.3, -0.25) is 4.79 Å². The molecule has 144 valence electrons. The molecule has 1 amide bonds. The molecule has 0 saturated heterocycles. The molecule has 0 aliphatic rings. The summed E-state index contributed by atoms with van der Waals surface area (Å²) >= 11 is 2.06. The molecule has 0 aromatic heterocycles. The van der Waals surface area contributed by atoms with E-state index in [1.54, 1.807) is 0 Å². The first-order valence-electron chi connectivity index (χ1n) is 9.04. The zero-order chi connectivity index (χ0) is 19.9. The predicted molar refractivity (Wildman–Crippen MR) is 116 cm³/mol. The Morgan fingerprint density at radius 2 is 1.44 bits per heavy atom. The maximum atomic E-state index is 12.7. The monoisotopic (exact) mass is 479 g/mol. The van der Waals surface area contributed by atoms with Crippen LogP contribution in [0.1, 0.15) is 31.9 Å². The van der Waals surface area contributed by atoms with Crippen molar-refractivity contribution >= 4 is 34.5 Å². The third kappa shape index (κ3) is 7.71. The molecule has 27 heavy (non-hydrogen) atoms. The van der Waals surface area contributed by atoms with Gasteiger partial charge in [-0.2, -0.15) is 0 Å². The second-order valence-corrected chi connectivity index (χ2v) is 9.72. The Balaban J connectivity index is 2.07. The Morgan fingerprint density at radius 3 is 1.93 bits per heavy atom. The first-order chi connectivity index (χ1) is 12.7. The van der Waals surface area contributed by atoms with Crippen LogP contribution in [0.15, 0.2) is 60.7 Å². The van der Waals surface area contributed by atoms with Crippen molar-refractivity contribution in [2.45, 2.75) is 43.3 Å². The van der Waals surface area contributed by atoms with Crippen LogP contribution in [0.4, 0.5) is 0 Å². The molecule has 4 nitrogen and oxygen atoms in total. The van der Waals surface area contributed by atoms with Crippen molar-refractivity contribution < 1.29 is 14.3 Å². The van der Waals surface area contributed by atoms with E-state index >= 15 is 0 Å². The van der Waals surface area contributed by atoms with Crippen LogP contribution in [-0.2, 0) is 27.2 Å². The first-order valence-corrected chi connectivity index (χ1v) is 10.1. The van der Waals surface area contributed by atoms with Gasteiger partial charge in [-0.25, -0.2) is 4.79 Å². The van der Waals surface area contributed by atoms with E-state index in [9.17, 15) is 9.59 Å². The summed E-state index contributed by atoms with van der Waals surface area (Å²) in [5.74, 6) is -0.812. The van der Waals surface area contributed by atoms with Gasteiger partial charge in [0.1, 0.15) is 6.04 Å². The molecule has 0 aliphatic carbocycles. The molecular formula is C22H26INO3. The number of esters is 1. The highest BCUT2D eigenvalue weighted by molar-refractivity contribution is 14.1. The number of benzene rings is 2. The van der Waals surface area contributed by atoms with Crippen LogP contribution in [-0.4, -0.2) is 21.5 Å². The fraction of sp³-hybridized carbons (Fsp3) is 0.364. The van der Waals surface area contributed by atoms with E-state index in [1.807, 2.05) is 81.4 Å². The van der Waals surface area contributed by atoms with Crippen LogP contribution >= 0.6 is 22.6 Å². The standard InChI is InChI=1S/C22H26INO3/c1-16(14-17-10-6-4-7-11-17)20(25)24-19(21(26)27-22(2,3)23)15-18-12-8-5-9-13-18/h4-13,16,19H,14-15H2,1-3H3,(H,24,25)/t16?,19-/m0/s1. The number of halogens is 1. The van der Waals surface area contributed by atoms with E-state index in [4.69, 9.17) is 4.74 Å². The van der Waals surface area contributed by atoms with Crippen molar-refractivity contribution in [3.63, 3.8) is 0 Å². The zero-order valence-electron chi connectivity index (χ0n) is 15.9. The SMILES string of the molecule is CC(Cc1ccccc1)C(=O)N[C@@H](Cc1ccccc1)C(=O)OC(C)(C)I. The molecule has 0 radical (unpaired) electrons. The van der Waals surface area contributed by atoms with Crippen molar-refractivity contribution in [1.82, 2.24) is 5.32 Å². The molecule has 1 N–H and O–H groups in total. The van der Waals surface area contributed by atoms with E-state index in [-0.39, 0.29) is 11.8 Å². The number of nitrogens with one attached hydrogen (secondary N) is 1. The van der Waals surface area contributed by atoms with Gasteiger partial charge in [0, 0.05) is 12.3 Å². The summed E-state index contributed by atoms with van der Waals surface area (Å²) in [6, 6.07) is 18.8. The number of ether oxygens (including phenoxy) is 1. The predicted octanol–water partition coefficient (Wildman–Crippen LogP) is 4.31. The Labute approximate surface area is 174 Å². The topological polar surface area (TPSA) is 55.4 Å². The number of carbonyl (C=O) groups excluding carboxylic acids is 2. The van der Waals surface area contributed by atoms with Gasteiger partial charge in [-0.05, 0) is 54.0 Å². The third-order valence-electron chi connectivity index (χ3n) is 4.06. The van der Waals surface area contributed by atoms with Crippen molar-refractivity contribution in [1.29, 1.82) is 0 Å². The van der Waals surface area contributed by atoms with Crippen molar-refractivity contribution in [3.8, 4) is 0 Å². The molecule has 2 atom stereocenters. The Hall–Kier alpha value is -1.89. The van der Waals surface area contributed by atoms with Crippen LogP contribution < -0.4 is 5.32 Å². The highest BCUT2D eigenvalue weighted by Gasteiger charge is 2.29. The Kier molecular flexibility index (Phi) is 7.83. The second-order valence-electron chi connectivity index (χ2n) is 7.13. The van der Waals surface area contributed by atoms with Gasteiger partial charge in [0.05, 0.1) is 0 Å². The molecule has 0 spiro atoms. The molecule has 0 aliphatic heterocycles. The van der Waals surface area contributed by atoms with E-state index in [2.05, 4.69) is 27.9 Å². The van der Waals surface area contributed by atoms with Gasteiger partial charge in [0.25, 0.3) is 0 Å². The smallest absolute Gasteiger partial charge is 0.330 e. The van der Waals surface area contributed by atoms with E-state index < -0.39 is 15.6 Å². The minimum absolute atomic E-state index is 0.150. The molecule has 2 rings (SSSR count). The Bertz CT molecular complexity index is 741. The molecule has 1 unspecified atom stereocenters. The minimum atomic E-state index is -0.716. The number of alkyl halides is 1. The lowest BCUT2D eigenvalue weighted by atomic mass is 9.99. The maximum Gasteiger partial charge on any atom is 0.330 e. The molecule has 2 aromatic carbocycles. The van der Waals surface area contributed by atoms with E-state index in [0.29, 0.717) is 12.8 Å². The summed E-state index contributed by atoms with van der Waals surface area (Å²) in [4.78, 5) is 25.3. The van der Waals surface area contributed by atoms with E-state index in [1.165, 1.54) is 0 Å². The van der Waals surface area contributed by atoms with Crippen LogP contribution in [0, 0.1) is 5.92 Å². The quantitative estimate of drug-likeness (QED) is 0.349. The lowest BCUT2D eigenvalue weighted by molar-refractivity contribution is -0.152. The minimum Gasteiger partial charge on any atom is -0.447 e. The number of carbonyl (C=O) groups is 2. The highest BCUT2D eigenvalue weighted by Crippen LogP contribution is 2.20. The molecule has 2 aromatic rings. The van der Waals surface area contributed by atoms with Crippen molar-refractivity contribution in [2.24, 2.45) is 5.92 Å². The van der Waals surface area contributed by atoms with Crippen molar-refractivity contribution in [2.75, 3.05) is 0 Å². The van der Waals surface area contributed by atoms with Gasteiger partial charge in [-0.1, -0.05) is 67.6 Å². The van der Waals surface area contributed by atoms with Gasteiger partial charge in [0.2, 0.25) is 5.91 Å². The lowest BCUT2D eigenvalue weighted by Crippen LogP contribution is -2.47. The molecule has 5 heteroatoms. The fourth-order valence-corrected chi connectivity index (χ4v) is 2.94. The number of hydrogen-bond donors (Lipinski definition) is 1. The van der Waals surface area contributed by atoms with Crippen LogP contribution in [0.2, 0.25) is 0 Å². The van der Waals surface area contributed by atoms with Gasteiger partial charge < -0.3 is 10.1 Å². The summed E-state index contributed by atoms with van der Waals surface area (Å²) < 4.78 is 4.87. The number of rotatable bonds is 8. The summed E-state index contributed by atoms with van der Waals surface area (Å²) in [5, 5.41) is 2.89. The molecule has 0 bridgehead atoms. The van der Waals surface area contributed by atoms with Gasteiger partial charge in [0.15, 0.2) is 3.61 Å². The maximum absolute atomic E-state index is 12.7. The lowest BCUT2D eigenvalue weighted by Gasteiger charge is -2.24. The molecule has 0 fully saturated rings. The fourth-order valence-electron chi connectivity index (χ4n) is 2.73. The average molecular weight is 479 g/mol. The average Bonchev–Trinajstić information content (AvgIpc) is 2.61. The van der Waals surface area contributed by atoms with Gasteiger partial charge >= 0.3 is 5.97 Å². The second kappa shape index (κ2) is 9.88. The van der Waals surface area contributed by atoms with Crippen LogP contribution in [0.5, 0.6) is 0 Å². The van der Waals surface area contributed by atoms with Crippen LogP contribution in [0.25, 0.3) is 0 Å². The summed E-state index contributed by atoms with van der Waals surface area (Å²) in [6.45, 7) is 5.49. The molecule has 0 saturated carbocycles. The van der Waals surface area contributed by atoms with Crippen molar-refractivity contribution in [3.05, 3.63) is 71.8 Å². The van der Waals surface area contributed by atoms with E-state index in [0.717, 1.165) is 11.1 Å². The first kappa shape index (κ1) is 21.4. The summed E-state index contributed by atoms with van der Waals surface area (Å²) in [7, 11) is 0. The number of hydrogen-bond acceptors (Lipinski definition) is 3. The summed E-state index contributed by atoms with van der Waals surface area (Å²) in [5.41, 5.74) is 2.07. The molecular weight excluding hydrogens is 453 g/mol. The largest absolute Gasteiger partial charge is 0.447 e. The Morgan fingerprint density at radius 1 is 0.963 bits per heavy atom.